The van der Waals surface area contributed by atoms with Crippen molar-refractivity contribution in [1.82, 2.24) is 15.0 Å². The number of nitrogens with zero attached hydrogens (tertiary/aromatic N) is 3. The van der Waals surface area contributed by atoms with Crippen molar-refractivity contribution in [1.29, 1.82) is 0 Å². The molecule has 0 radical (unpaired) electrons. The van der Waals surface area contributed by atoms with Crippen LogP contribution in [0.4, 0.5) is 11.9 Å². The number of aromatic nitrogens is 3. The molecule has 106 valence electrons. The zero-order chi connectivity index (χ0) is 15.1. The molecule has 0 spiro atoms. The molecule has 0 bridgehead atoms. The topological polar surface area (TPSA) is 128 Å². The first kappa shape index (κ1) is 15.4. The standard InChI is InChI=1S/C9H9N5.C4H8O2/c10-8-12-7(13-9(11)14-8)6-4-2-1-3-5-6;1-3(2)4(5)6/h1-5H,(H4,10,11,12,13,14);3H,1-2H3,(H,5,6). The number of carbonyl (C=O) groups is 1. The van der Waals surface area contributed by atoms with E-state index >= 15 is 0 Å². The summed E-state index contributed by atoms with van der Waals surface area (Å²) in [5, 5.41) is 7.99. The monoisotopic (exact) mass is 275 g/mol. The molecule has 2 rings (SSSR count). The van der Waals surface area contributed by atoms with Crippen LogP contribution in [0.15, 0.2) is 30.3 Å². The zero-order valence-electron chi connectivity index (χ0n) is 11.3. The summed E-state index contributed by atoms with van der Waals surface area (Å²) in [7, 11) is 0. The average Bonchev–Trinajstić information content (AvgIpc) is 2.39. The van der Waals surface area contributed by atoms with Gasteiger partial charge in [-0.15, -0.1) is 0 Å². The second-order valence-corrected chi connectivity index (χ2v) is 4.23. The fraction of sp³-hybridized carbons (Fsp3) is 0.231. The van der Waals surface area contributed by atoms with Gasteiger partial charge in [-0.2, -0.15) is 15.0 Å². The third-order valence-corrected chi connectivity index (χ3v) is 2.20. The highest BCUT2D eigenvalue weighted by molar-refractivity contribution is 5.68. The van der Waals surface area contributed by atoms with Gasteiger partial charge in [-0.1, -0.05) is 44.2 Å². The van der Waals surface area contributed by atoms with Gasteiger partial charge in [0.15, 0.2) is 5.82 Å². The molecule has 0 atom stereocenters. The summed E-state index contributed by atoms with van der Waals surface area (Å²) < 4.78 is 0. The number of hydrogen-bond acceptors (Lipinski definition) is 6. The number of rotatable bonds is 2. The van der Waals surface area contributed by atoms with Crippen LogP contribution in [0.5, 0.6) is 0 Å². The van der Waals surface area contributed by atoms with E-state index in [1.165, 1.54) is 0 Å². The van der Waals surface area contributed by atoms with E-state index in [1.54, 1.807) is 13.8 Å². The minimum atomic E-state index is -0.741. The molecule has 0 saturated carbocycles. The number of aliphatic carboxylic acids is 1. The largest absolute Gasteiger partial charge is 0.481 e. The summed E-state index contributed by atoms with van der Waals surface area (Å²) >= 11 is 0. The molecule has 1 heterocycles. The van der Waals surface area contributed by atoms with Crippen molar-refractivity contribution in [3.63, 3.8) is 0 Å². The molecule has 0 aliphatic carbocycles. The minimum Gasteiger partial charge on any atom is -0.481 e. The maximum atomic E-state index is 9.70. The molecular formula is C13H17N5O2. The van der Waals surface area contributed by atoms with E-state index in [1.807, 2.05) is 30.3 Å². The van der Waals surface area contributed by atoms with Gasteiger partial charge in [0.1, 0.15) is 0 Å². The molecule has 0 aliphatic rings. The number of nitrogens with two attached hydrogens (primary N) is 2. The van der Waals surface area contributed by atoms with Gasteiger partial charge in [-0.25, -0.2) is 0 Å². The molecule has 7 heteroatoms. The Labute approximate surface area is 116 Å². The molecule has 0 saturated heterocycles. The normalized spacial score (nSPS) is 9.75. The maximum absolute atomic E-state index is 9.70. The van der Waals surface area contributed by atoms with Gasteiger partial charge < -0.3 is 16.6 Å². The van der Waals surface area contributed by atoms with Crippen LogP contribution in [0.3, 0.4) is 0 Å². The van der Waals surface area contributed by atoms with E-state index in [0.29, 0.717) is 5.82 Å². The number of carboxylic acid groups (broad SMARTS) is 1. The van der Waals surface area contributed by atoms with E-state index in [4.69, 9.17) is 16.6 Å². The molecule has 20 heavy (non-hydrogen) atoms. The van der Waals surface area contributed by atoms with E-state index in [-0.39, 0.29) is 17.8 Å². The summed E-state index contributed by atoms with van der Waals surface area (Å²) in [5.41, 5.74) is 11.8. The highest BCUT2D eigenvalue weighted by Gasteiger charge is 2.03. The van der Waals surface area contributed by atoms with Crippen LogP contribution in [0.1, 0.15) is 13.8 Å². The van der Waals surface area contributed by atoms with Crippen LogP contribution in [0.25, 0.3) is 11.4 Å². The molecule has 2 aromatic rings. The van der Waals surface area contributed by atoms with Crippen molar-refractivity contribution in [3.8, 4) is 11.4 Å². The molecule has 0 fully saturated rings. The van der Waals surface area contributed by atoms with Gasteiger partial charge in [0.25, 0.3) is 0 Å². The minimum absolute atomic E-state index is 0.136. The smallest absolute Gasteiger partial charge is 0.305 e. The van der Waals surface area contributed by atoms with Gasteiger partial charge >= 0.3 is 5.97 Å². The summed E-state index contributed by atoms with van der Waals surface area (Å²) in [6.07, 6.45) is 0. The van der Waals surface area contributed by atoms with Gasteiger partial charge in [-0.05, 0) is 0 Å². The fourth-order valence-corrected chi connectivity index (χ4v) is 1.13. The Morgan fingerprint density at radius 1 is 1.05 bits per heavy atom. The Kier molecular flexibility index (Phi) is 5.40. The number of benzene rings is 1. The molecule has 0 unspecified atom stereocenters. The first-order chi connectivity index (χ1) is 9.40. The molecule has 1 aromatic heterocycles. The van der Waals surface area contributed by atoms with Crippen LogP contribution >= 0.6 is 0 Å². The lowest BCUT2D eigenvalue weighted by Gasteiger charge is -2.00. The van der Waals surface area contributed by atoms with Crippen molar-refractivity contribution in [2.24, 2.45) is 5.92 Å². The molecule has 0 aliphatic heterocycles. The van der Waals surface area contributed by atoms with Crippen LogP contribution in [0, 0.1) is 5.92 Å². The molecule has 1 aromatic carbocycles. The second kappa shape index (κ2) is 7.03. The zero-order valence-corrected chi connectivity index (χ0v) is 11.3. The van der Waals surface area contributed by atoms with Crippen LogP contribution in [-0.2, 0) is 4.79 Å². The highest BCUT2D eigenvalue weighted by atomic mass is 16.4. The fourth-order valence-electron chi connectivity index (χ4n) is 1.13. The van der Waals surface area contributed by atoms with Crippen molar-refractivity contribution in [3.05, 3.63) is 30.3 Å². The Bertz CT molecular complexity index is 552. The van der Waals surface area contributed by atoms with Gasteiger partial charge in [-0.3, -0.25) is 4.79 Å². The Morgan fingerprint density at radius 3 is 1.90 bits per heavy atom. The summed E-state index contributed by atoms with van der Waals surface area (Å²) in [6, 6.07) is 9.47. The predicted molar refractivity (Wildman–Crippen MR) is 76.6 cm³/mol. The van der Waals surface area contributed by atoms with Gasteiger partial charge in [0.2, 0.25) is 11.9 Å². The number of nitrogen functional groups attached to an aromatic ring is 2. The molecule has 7 nitrogen and oxygen atoms in total. The highest BCUT2D eigenvalue weighted by Crippen LogP contribution is 2.14. The number of carboxylic acids is 1. The molecule has 0 amide bonds. The Morgan fingerprint density at radius 2 is 1.50 bits per heavy atom. The van der Waals surface area contributed by atoms with E-state index in [2.05, 4.69) is 15.0 Å². The lowest BCUT2D eigenvalue weighted by molar-refractivity contribution is -0.140. The van der Waals surface area contributed by atoms with Crippen molar-refractivity contribution < 1.29 is 9.90 Å². The summed E-state index contributed by atoms with van der Waals surface area (Å²) in [5.74, 6) is -0.205. The molecule has 5 N–H and O–H groups in total. The first-order valence-electron chi connectivity index (χ1n) is 5.95. The third kappa shape index (κ3) is 4.89. The molecular weight excluding hydrogens is 258 g/mol. The first-order valence-corrected chi connectivity index (χ1v) is 5.95. The van der Waals surface area contributed by atoms with Crippen LogP contribution in [-0.4, -0.2) is 26.0 Å². The predicted octanol–water partition coefficient (Wildman–Crippen LogP) is 1.43. The van der Waals surface area contributed by atoms with E-state index < -0.39 is 5.97 Å². The number of anilines is 2. The Balaban J connectivity index is 0.000000286. The summed E-state index contributed by atoms with van der Waals surface area (Å²) in [4.78, 5) is 21.4. The quantitative estimate of drug-likeness (QED) is 0.756. The number of hydrogen-bond donors (Lipinski definition) is 3. The average molecular weight is 275 g/mol. The lowest BCUT2D eigenvalue weighted by atomic mass is 10.2. The van der Waals surface area contributed by atoms with Crippen molar-refractivity contribution in [2.75, 3.05) is 11.5 Å². The van der Waals surface area contributed by atoms with Gasteiger partial charge in [0, 0.05) is 5.56 Å². The SMILES string of the molecule is CC(C)C(=O)O.Nc1nc(N)nc(-c2ccccc2)n1. The second-order valence-electron chi connectivity index (χ2n) is 4.23. The lowest BCUT2D eigenvalue weighted by Crippen LogP contribution is -2.04. The van der Waals surface area contributed by atoms with Crippen LogP contribution < -0.4 is 11.5 Å². The maximum Gasteiger partial charge on any atom is 0.305 e. The van der Waals surface area contributed by atoms with Gasteiger partial charge in [0.05, 0.1) is 5.92 Å². The van der Waals surface area contributed by atoms with Crippen molar-refractivity contribution >= 4 is 17.9 Å². The van der Waals surface area contributed by atoms with E-state index in [0.717, 1.165) is 5.56 Å². The summed E-state index contributed by atoms with van der Waals surface area (Å²) in [6.45, 7) is 3.28. The van der Waals surface area contributed by atoms with Crippen LogP contribution in [0.2, 0.25) is 0 Å². The van der Waals surface area contributed by atoms with Crippen molar-refractivity contribution in [2.45, 2.75) is 13.8 Å². The Hall–Kier alpha value is -2.70. The van der Waals surface area contributed by atoms with E-state index in [9.17, 15) is 4.79 Å². The third-order valence-electron chi connectivity index (χ3n) is 2.20.